The second-order valence-corrected chi connectivity index (χ2v) is 11.7. The van der Waals surface area contributed by atoms with Crippen LogP contribution in [0.1, 0.15) is 45.7 Å². The summed E-state index contributed by atoms with van der Waals surface area (Å²) in [5, 5.41) is -0.681. The molecule has 0 spiro atoms. The zero-order chi connectivity index (χ0) is 24.3. The highest BCUT2D eigenvalue weighted by molar-refractivity contribution is 8.16. The number of likely N-dealkylation sites (N-methyl/N-ethyl adjacent to an activating group) is 1. The van der Waals surface area contributed by atoms with Crippen molar-refractivity contribution in [3.05, 3.63) is 35.2 Å². The van der Waals surface area contributed by atoms with E-state index < -0.39 is 33.1 Å². The summed E-state index contributed by atoms with van der Waals surface area (Å²) >= 11 is 1.50. The van der Waals surface area contributed by atoms with Gasteiger partial charge in [0.25, 0.3) is 17.4 Å². The molecule has 0 aliphatic carbocycles. The average molecular weight is 490 g/mol. The molecule has 4 rings (SSSR count). The smallest absolute Gasteiger partial charge is 0.261 e. The molecule has 0 unspecified atom stereocenters. The summed E-state index contributed by atoms with van der Waals surface area (Å²) in [5.74, 6) is 0.0268. The molecule has 3 aliphatic rings. The summed E-state index contributed by atoms with van der Waals surface area (Å²) in [6, 6.07) is 4.29. The molecule has 0 N–H and O–H groups in total. The summed E-state index contributed by atoms with van der Waals surface area (Å²) in [4.78, 5) is 55.7. The number of carbonyl (C=O) groups is 4. The molecule has 9 nitrogen and oxygen atoms in total. The quantitative estimate of drug-likeness (QED) is 0.598. The zero-order valence-electron chi connectivity index (χ0n) is 18.8. The van der Waals surface area contributed by atoms with Crippen LogP contribution in [-0.4, -0.2) is 61.0 Å². The first-order valence-corrected chi connectivity index (χ1v) is 11.8. The maximum absolute atomic E-state index is 14.1. The van der Waals surface area contributed by atoms with Crippen LogP contribution in [0, 0.1) is 6.57 Å². The number of ether oxygens (including phenoxy) is 2. The summed E-state index contributed by atoms with van der Waals surface area (Å²) in [7, 11) is 1.46. The predicted octanol–water partition coefficient (Wildman–Crippen LogP) is 2.81. The second kappa shape index (κ2) is 7.67. The normalized spacial score (nSPS) is 32.5. The standard InChI is InChI=1S/C22H23N3O6S2/c1-12(26)32-21(4)18(28)25-17(14-7-8-15-16(9-14)31-11-30-15)20(3,23-5)10-22(25,33-13(2)27)19(29)24(21)6/h7-9,17H,10-11H2,1-4,6H3/t17-,20-,21-,22-/m0/s1. The Hall–Kier alpha value is -2.71. The van der Waals surface area contributed by atoms with Crippen LogP contribution < -0.4 is 9.47 Å². The molecule has 11 heteroatoms. The van der Waals surface area contributed by atoms with E-state index >= 15 is 0 Å². The fourth-order valence-corrected chi connectivity index (χ4v) is 7.20. The van der Waals surface area contributed by atoms with Gasteiger partial charge < -0.3 is 24.1 Å². The number of piperazine rings is 1. The topological polar surface area (TPSA) is 97.6 Å². The number of hydrogen-bond donors (Lipinski definition) is 0. The van der Waals surface area contributed by atoms with Crippen LogP contribution in [-0.2, 0) is 19.2 Å². The minimum atomic E-state index is -1.60. The first-order valence-electron chi connectivity index (χ1n) is 10.2. The Morgan fingerprint density at radius 2 is 1.73 bits per heavy atom. The van der Waals surface area contributed by atoms with Crippen LogP contribution >= 0.6 is 23.5 Å². The molecular formula is C22H23N3O6S2. The molecule has 3 heterocycles. The van der Waals surface area contributed by atoms with E-state index in [0.717, 1.165) is 23.5 Å². The molecule has 0 aromatic heterocycles. The Morgan fingerprint density at radius 1 is 1.09 bits per heavy atom. The third-order valence-corrected chi connectivity index (χ3v) is 8.63. The van der Waals surface area contributed by atoms with E-state index in [1.54, 1.807) is 25.1 Å². The van der Waals surface area contributed by atoms with E-state index in [9.17, 15) is 19.2 Å². The Kier molecular flexibility index (Phi) is 5.45. The van der Waals surface area contributed by atoms with Gasteiger partial charge in [0, 0.05) is 27.8 Å². The van der Waals surface area contributed by atoms with Crippen molar-refractivity contribution in [1.82, 2.24) is 9.80 Å². The van der Waals surface area contributed by atoms with Crippen LogP contribution in [0.4, 0.5) is 0 Å². The maximum atomic E-state index is 14.1. The Labute approximate surface area is 199 Å². The molecule has 1 aromatic carbocycles. The lowest BCUT2D eigenvalue weighted by atomic mass is 9.87. The average Bonchev–Trinajstić information content (AvgIpc) is 3.30. The zero-order valence-corrected chi connectivity index (χ0v) is 20.5. The van der Waals surface area contributed by atoms with Gasteiger partial charge in [0.2, 0.25) is 6.79 Å². The van der Waals surface area contributed by atoms with Crippen molar-refractivity contribution in [2.24, 2.45) is 0 Å². The molecule has 2 saturated heterocycles. The summed E-state index contributed by atoms with van der Waals surface area (Å²) in [6.07, 6.45) is -0.0391. The van der Waals surface area contributed by atoms with Crippen LogP contribution in [0.2, 0.25) is 0 Å². The molecule has 33 heavy (non-hydrogen) atoms. The first-order chi connectivity index (χ1) is 15.4. The van der Waals surface area contributed by atoms with Gasteiger partial charge in [-0.15, -0.1) is 0 Å². The lowest BCUT2D eigenvalue weighted by Crippen LogP contribution is -2.71. The van der Waals surface area contributed by atoms with Crippen molar-refractivity contribution in [1.29, 1.82) is 0 Å². The van der Waals surface area contributed by atoms with Gasteiger partial charge in [0.15, 0.2) is 31.5 Å². The van der Waals surface area contributed by atoms with Crippen LogP contribution in [0.5, 0.6) is 11.5 Å². The third kappa shape index (κ3) is 3.30. The van der Waals surface area contributed by atoms with Gasteiger partial charge in [0.1, 0.15) is 6.04 Å². The van der Waals surface area contributed by atoms with Crippen molar-refractivity contribution in [3.8, 4) is 11.5 Å². The van der Waals surface area contributed by atoms with E-state index in [4.69, 9.17) is 16.0 Å². The lowest BCUT2D eigenvalue weighted by molar-refractivity contribution is -0.163. The van der Waals surface area contributed by atoms with E-state index in [2.05, 4.69) is 4.85 Å². The molecule has 0 bridgehead atoms. The van der Waals surface area contributed by atoms with Crippen molar-refractivity contribution < 1.29 is 28.7 Å². The third-order valence-electron chi connectivity index (χ3n) is 6.35. The highest BCUT2D eigenvalue weighted by atomic mass is 32.2. The van der Waals surface area contributed by atoms with Gasteiger partial charge in [0.05, 0.1) is 6.42 Å². The Balaban J connectivity index is 1.96. The number of thioether (sulfide) groups is 2. The Bertz CT molecular complexity index is 1140. The number of hydrogen-bond acceptors (Lipinski definition) is 8. The first kappa shape index (κ1) is 23.4. The van der Waals surface area contributed by atoms with Crippen LogP contribution in [0.15, 0.2) is 18.2 Å². The highest BCUT2D eigenvalue weighted by Gasteiger charge is 2.74. The minimum absolute atomic E-state index is 0.0391. The second-order valence-electron chi connectivity index (χ2n) is 8.65. The van der Waals surface area contributed by atoms with Gasteiger partial charge in [-0.1, -0.05) is 17.8 Å². The molecular weight excluding hydrogens is 466 g/mol. The van der Waals surface area contributed by atoms with E-state index in [1.807, 2.05) is 0 Å². The lowest BCUT2D eigenvalue weighted by Gasteiger charge is -2.52. The van der Waals surface area contributed by atoms with E-state index in [-0.39, 0.29) is 23.4 Å². The van der Waals surface area contributed by atoms with Crippen molar-refractivity contribution in [2.45, 2.75) is 55.4 Å². The molecule has 0 saturated carbocycles. The number of benzene rings is 1. The van der Waals surface area contributed by atoms with Crippen LogP contribution in [0.3, 0.4) is 0 Å². The fourth-order valence-electron chi connectivity index (χ4n) is 4.89. The maximum Gasteiger partial charge on any atom is 0.261 e. The van der Waals surface area contributed by atoms with Crippen molar-refractivity contribution in [3.63, 3.8) is 0 Å². The molecule has 0 radical (unpaired) electrons. The molecule has 2 amide bonds. The number of amides is 2. The summed E-state index contributed by atoms with van der Waals surface area (Å²) < 4.78 is 10.9. The Morgan fingerprint density at radius 3 is 2.33 bits per heavy atom. The monoisotopic (exact) mass is 489 g/mol. The van der Waals surface area contributed by atoms with Crippen molar-refractivity contribution in [2.75, 3.05) is 13.8 Å². The molecule has 2 fully saturated rings. The minimum Gasteiger partial charge on any atom is -0.454 e. The molecule has 3 aliphatic heterocycles. The van der Waals surface area contributed by atoms with E-state index in [0.29, 0.717) is 17.1 Å². The number of rotatable bonds is 3. The fraction of sp³-hybridized carbons (Fsp3) is 0.500. The molecule has 174 valence electrons. The predicted molar refractivity (Wildman–Crippen MR) is 122 cm³/mol. The number of fused-ring (bicyclic) bond motifs is 2. The van der Waals surface area contributed by atoms with Gasteiger partial charge >= 0.3 is 0 Å². The highest BCUT2D eigenvalue weighted by Crippen LogP contribution is 2.60. The van der Waals surface area contributed by atoms with Gasteiger partial charge in [-0.25, -0.2) is 6.57 Å². The number of carbonyl (C=O) groups excluding carboxylic acids is 4. The molecule has 1 aromatic rings. The largest absolute Gasteiger partial charge is 0.454 e. The van der Waals surface area contributed by atoms with E-state index in [1.165, 1.54) is 37.6 Å². The molecule has 4 atom stereocenters. The van der Waals surface area contributed by atoms with Crippen LogP contribution in [0.25, 0.3) is 4.85 Å². The van der Waals surface area contributed by atoms with Crippen molar-refractivity contribution >= 4 is 45.6 Å². The number of nitrogens with zero attached hydrogens (tertiary/aromatic N) is 3. The van der Waals surface area contributed by atoms with Gasteiger partial charge in [-0.3, -0.25) is 19.2 Å². The SMILES string of the molecule is [C-]#[N+][C@@]1(C)C[C@]2(SC(C)=O)C(=O)N(C)[C@@](C)(SC(C)=O)C(=O)N2[C@H]1c1ccc2c(c1)OCO2. The summed E-state index contributed by atoms with van der Waals surface area (Å²) in [5.41, 5.74) is -0.626. The summed E-state index contributed by atoms with van der Waals surface area (Å²) in [6.45, 7) is 13.9. The van der Waals surface area contributed by atoms with Gasteiger partial charge in [-0.05, 0) is 36.4 Å². The van der Waals surface area contributed by atoms with Gasteiger partial charge in [-0.2, -0.15) is 0 Å².